The lowest BCUT2D eigenvalue weighted by atomic mass is 10.2. The summed E-state index contributed by atoms with van der Waals surface area (Å²) in [5.41, 5.74) is 2.12. The molecule has 4 rings (SSSR count). The predicted molar refractivity (Wildman–Crippen MR) is 87.6 cm³/mol. The molecule has 2 aromatic carbocycles. The molecule has 0 amide bonds. The molecule has 0 fully saturated rings. The molecule has 4 aromatic rings. The van der Waals surface area contributed by atoms with Crippen molar-refractivity contribution in [3.05, 3.63) is 77.8 Å². The summed E-state index contributed by atoms with van der Waals surface area (Å²) in [5, 5.41) is 1.14. The molecule has 0 N–H and O–H groups in total. The summed E-state index contributed by atoms with van der Waals surface area (Å²) in [6.07, 6.45) is 1.99. The number of aromatic nitrogens is 2. The zero-order valence-electron chi connectivity index (χ0n) is 13.0. The predicted octanol–water partition coefficient (Wildman–Crippen LogP) is 4.93. The van der Waals surface area contributed by atoms with Gasteiger partial charge in [0.05, 0.1) is 6.54 Å². The summed E-state index contributed by atoms with van der Waals surface area (Å²) in [4.78, 5) is 4.42. The van der Waals surface area contributed by atoms with E-state index in [-0.39, 0.29) is 5.89 Å². The van der Waals surface area contributed by atoms with E-state index in [0.717, 1.165) is 22.7 Å². The second-order valence-electron chi connectivity index (χ2n) is 5.68. The molecular formula is C19H14F2N2O. The molecule has 0 aliphatic heterocycles. The molecule has 2 heterocycles. The van der Waals surface area contributed by atoms with Crippen LogP contribution in [-0.2, 0) is 6.54 Å². The second-order valence-corrected chi connectivity index (χ2v) is 5.68. The molecule has 24 heavy (non-hydrogen) atoms. The van der Waals surface area contributed by atoms with Gasteiger partial charge in [-0.3, -0.25) is 0 Å². The van der Waals surface area contributed by atoms with E-state index in [1.807, 2.05) is 36.5 Å². The Morgan fingerprint density at radius 3 is 2.58 bits per heavy atom. The van der Waals surface area contributed by atoms with E-state index in [2.05, 4.69) is 9.55 Å². The number of hydrogen-bond donors (Lipinski definition) is 0. The summed E-state index contributed by atoms with van der Waals surface area (Å²) in [6.45, 7) is 2.33. The molecule has 0 saturated carbocycles. The molecule has 5 heteroatoms. The molecule has 0 aliphatic carbocycles. The molecular weight excluding hydrogens is 310 g/mol. The van der Waals surface area contributed by atoms with E-state index in [1.54, 1.807) is 6.92 Å². The number of halogens is 2. The first-order valence-corrected chi connectivity index (χ1v) is 7.57. The Morgan fingerprint density at radius 1 is 1.04 bits per heavy atom. The largest absolute Gasteiger partial charge is 0.441 e. The van der Waals surface area contributed by atoms with Crippen molar-refractivity contribution in [2.24, 2.45) is 0 Å². The Morgan fingerprint density at radius 2 is 1.79 bits per heavy atom. The number of rotatable bonds is 3. The highest BCUT2D eigenvalue weighted by Gasteiger charge is 2.14. The average Bonchev–Trinajstić information content (AvgIpc) is 3.12. The minimum atomic E-state index is -0.654. The molecule has 0 radical (unpaired) electrons. The maximum atomic E-state index is 13.4. The van der Waals surface area contributed by atoms with Crippen molar-refractivity contribution in [2.75, 3.05) is 0 Å². The maximum Gasteiger partial charge on any atom is 0.226 e. The van der Waals surface area contributed by atoms with Gasteiger partial charge in [0.2, 0.25) is 5.89 Å². The van der Waals surface area contributed by atoms with Gasteiger partial charge in [0.1, 0.15) is 23.1 Å². The highest BCUT2D eigenvalue weighted by atomic mass is 19.1. The fraction of sp³-hybridized carbons (Fsp3) is 0.105. The number of oxazole rings is 1. The average molecular weight is 324 g/mol. The number of aryl methyl sites for hydroxylation is 1. The van der Waals surface area contributed by atoms with E-state index in [4.69, 9.17) is 4.42 Å². The van der Waals surface area contributed by atoms with Crippen molar-refractivity contribution in [1.29, 1.82) is 0 Å². The summed E-state index contributed by atoms with van der Waals surface area (Å²) in [7, 11) is 0. The standard InChI is InChI=1S/C19H14F2N2O/c1-12-17(11-23-7-6-13-4-2-3-5-18(13)23)22-19(24-12)14-8-15(20)10-16(21)9-14/h2-10H,11H2,1H3. The van der Waals surface area contributed by atoms with Gasteiger partial charge < -0.3 is 8.98 Å². The van der Waals surface area contributed by atoms with Crippen molar-refractivity contribution >= 4 is 10.9 Å². The molecule has 2 aromatic heterocycles. The van der Waals surface area contributed by atoms with Crippen LogP contribution in [0.3, 0.4) is 0 Å². The number of nitrogens with zero attached hydrogens (tertiary/aromatic N) is 2. The zero-order chi connectivity index (χ0) is 16.7. The van der Waals surface area contributed by atoms with Gasteiger partial charge in [0.25, 0.3) is 0 Å². The van der Waals surface area contributed by atoms with E-state index < -0.39 is 11.6 Å². The minimum Gasteiger partial charge on any atom is -0.441 e. The Hall–Kier alpha value is -2.95. The smallest absolute Gasteiger partial charge is 0.226 e. The number of hydrogen-bond acceptors (Lipinski definition) is 2. The topological polar surface area (TPSA) is 31.0 Å². The van der Waals surface area contributed by atoms with Gasteiger partial charge in [0.15, 0.2) is 0 Å². The molecule has 0 saturated heterocycles. The number of benzene rings is 2. The molecule has 120 valence electrons. The second kappa shape index (κ2) is 5.60. The van der Waals surface area contributed by atoms with Crippen LogP contribution >= 0.6 is 0 Å². The van der Waals surface area contributed by atoms with E-state index in [0.29, 0.717) is 17.9 Å². The van der Waals surface area contributed by atoms with Crippen molar-refractivity contribution in [2.45, 2.75) is 13.5 Å². The lowest BCUT2D eigenvalue weighted by Crippen LogP contribution is -1.99. The van der Waals surface area contributed by atoms with Gasteiger partial charge in [-0.15, -0.1) is 0 Å². The van der Waals surface area contributed by atoms with Gasteiger partial charge in [-0.2, -0.15) is 0 Å². The van der Waals surface area contributed by atoms with Crippen LogP contribution in [0.5, 0.6) is 0 Å². The highest BCUT2D eigenvalue weighted by Crippen LogP contribution is 2.25. The van der Waals surface area contributed by atoms with E-state index in [1.165, 1.54) is 12.1 Å². The fourth-order valence-corrected chi connectivity index (χ4v) is 2.82. The number of para-hydroxylation sites is 1. The highest BCUT2D eigenvalue weighted by molar-refractivity contribution is 5.80. The van der Waals surface area contributed by atoms with Gasteiger partial charge in [-0.05, 0) is 36.6 Å². The van der Waals surface area contributed by atoms with Crippen LogP contribution in [0.15, 0.2) is 59.1 Å². The van der Waals surface area contributed by atoms with Crippen LogP contribution in [-0.4, -0.2) is 9.55 Å². The Balaban J connectivity index is 1.71. The van der Waals surface area contributed by atoms with Crippen molar-refractivity contribution in [3.8, 4) is 11.5 Å². The minimum absolute atomic E-state index is 0.220. The molecule has 0 unspecified atom stereocenters. The lowest BCUT2D eigenvalue weighted by Gasteiger charge is -2.03. The number of fused-ring (bicyclic) bond motifs is 1. The van der Waals surface area contributed by atoms with Crippen LogP contribution in [0.4, 0.5) is 8.78 Å². The third-order valence-electron chi connectivity index (χ3n) is 4.00. The molecule has 0 atom stereocenters. The van der Waals surface area contributed by atoms with E-state index >= 15 is 0 Å². The quantitative estimate of drug-likeness (QED) is 0.535. The SMILES string of the molecule is Cc1oc(-c2cc(F)cc(F)c2)nc1Cn1ccc2ccccc21. The Kier molecular flexibility index (Phi) is 3.41. The Labute approximate surface area is 137 Å². The summed E-state index contributed by atoms with van der Waals surface area (Å²) >= 11 is 0. The van der Waals surface area contributed by atoms with Gasteiger partial charge >= 0.3 is 0 Å². The first-order chi connectivity index (χ1) is 11.6. The maximum absolute atomic E-state index is 13.4. The van der Waals surface area contributed by atoms with Crippen molar-refractivity contribution in [1.82, 2.24) is 9.55 Å². The summed E-state index contributed by atoms with van der Waals surface area (Å²) in [6, 6.07) is 13.3. The van der Waals surface area contributed by atoms with Crippen LogP contribution in [0.25, 0.3) is 22.4 Å². The van der Waals surface area contributed by atoms with Gasteiger partial charge in [-0.25, -0.2) is 13.8 Å². The third kappa shape index (κ3) is 2.58. The lowest BCUT2D eigenvalue weighted by molar-refractivity contribution is 0.534. The molecule has 0 spiro atoms. The normalized spacial score (nSPS) is 11.3. The monoisotopic (exact) mass is 324 g/mol. The van der Waals surface area contributed by atoms with Crippen LogP contribution in [0, 0.1) is 18.6 Å². The van der Waals surface area contributed by atoms with Gasteiger partial charge in [-0.1, -0.05) is 18.2 Å². The van der Waals surface area contributed by atoms with Crippen LogP contribution < -0.4 is 0 Å². The van der Waals surface area contributed by atoms with Gasteiger partial charge in [0, 0.05) is 23.3 Å². The molecule has 0 bridgehead atoms. The summed E-state index contributed by atoms with van der Waals surface area (Å²) in [5.74, 6) is -0.456. The molecule has 0 aliphatic rings. The molecule has 3 nitrogen and oxygen atoms in total. The van der Waals surface area contributed by atoms with Crippen LogP contribution in [0.1, 0.15) is 11.5 Å². The zero-order valence-corrected chi connectivity index (χ0v) is 13.0. The van der Waals surface area contributed by atoms with Crippen LogP contribution in [0.2, 0.25) is 0 Å². The first-order valence-electron chi connectivity index (χ1n) is 7.57. The first kappa shape index (κ1) is 14.6. The fourth-order valence-electron chi connectivity index (χ4n) is 2.82. The van der Waals surface area contributed by atoms with Crippen molar-refractivity contribution in [3.63, 3.8) is 0 Å². The van der Waals surface area contributed by atoms with E-state index in [9.17, 15) is 8.78 Å². The summed E-state index contributed by atoms with van der Waals surface area (Å²) < 4.78 is 34.5. The third-order valence-corrected chi connectivity index (χ3v) is 4.00. The van der Waals surface area contributed by atoms with Crippen molar-refractivity contribution < 1.29 is 13.2 Å². The Bertz CT molecular complexity index is 1010.